The van der Waals surface area contributed by atoms with E-state index in [4.69, 9.17) is 0 Å². The molecule has 17 heavy (non-hydrogen) atoms. The second-order valence-electron chi connectivity index (χ2n) is 3.47. The van der Waals surface area contributed by atoms with Gasteiger partial charge in [-0.2, -0.15) is 13.2 Å². The minimum atomic E-state index is -4.53. The zero-order valence-electron chi connectivity index (χ0n) is 8.58. The molecule has 2 aromatic rings. The standard InChI is InChI=1S/C12H8F3NO/c13-12(14,15)10-4-2-1-3-9(10)11(17)8-5-6-16-7-8/h1-7,16H. The molecule has 0 saturated heterocycles. The van der Waals surface area contributed by atoms with Gasteiger partial charge in [-0.05, 0) is 12.1 Å². The predicted molar refractivity (Wildman–Crippen MR) is 55.7 cm³/mol. The minimum absolute atomic E-state index is 0.210. The zero-order chi connectivity index (χ0) is 12.5. The van der Waals surface area contributed by atoms with E-state index in [-0.39, 0.29) is 11.1 Å². The van der Waals surface area contributed by atoms with Crippen molar-refractivity contribution in [2.75, 3.05) is 0 Å². The van der Waals surface area contributed by atoms with Crippen LogP contribution < -0.4 is 0 Å². The predicted octanol–water partition coefficient (Wildman–Crippen LogP) is 3.26. The molecule has 5 heteroatoms. The number of H-pyrrole nitrogens is 1. The van der Waals surface area contributed by atoms with Gasteiger partial charge in [0.05, 0.1) is 5.56 Å². The highest BCUT2D eigenvalue weighted by atomic mass is 19.4. The van der Waals surface area contributed by atoms with E-state index in [1.54, 1.807) is 0 Å². The summed E-state index contributed by atoms with van der Waals surface area (Å²) in [6.07, 6.45) is -1.67. The lowest BCUT2D eigenvalue weighted by molar-refractivity contribution is -0.137. The van der Waals surface area contributed by atoms with E-state index in [0.717, 1.165) is 6.07 Å². The molecular formula is C12H8F3NO. The van der Waals surface area contributed by atoms with Gasteiger partial charge in [-0.25, -0.2) is 0 Å². The highest BCUT2D eigenvalue weighted by Crippen LogP contribution is 2.32. The highest BCUT2D eigenvalue weighted by Gasteiger charge is 2.34. The third-order valence-electron chi connectivity index (χ3n) is 2.34. The number of hydrogen-bond acceptors (Lipinski definition) is 1. The van der Waals surface area contributed by atoms with E-state index in [0.29, 0.717) is 0 Å². The van der Waals surface area contributed by atoms with E-state index in [2.05, 4.69) is 4.98 Å². The van der Waals surface area contributed by atoms with Gasteiger partial charge in [0, 0.05) is 23.5 Å². The number of hydrogen-bond donors (Lipinski definition) is 1. The first kappa shape index (κ1) is 11.4. The van der Waals surface area contributed by atoms with Crippen LogP contribution in [0.25, 0.3) is 0 Å². The number of carbonyl (C=O) groups excluding carboxylic acids is 1. The maximum absolute atomic E-state index is 12.7. The van der Waals surface area contributed by atoms with E-state index in [9.17, 15) is 18.0 Å². The van der Waals surface area contributed by atoms with Gasteiger partial charge in [-0.3, -0.25) is 4.79 Å². The molecule has 0 saturated carbocycles. The summed E-state index contributed by atoms with van der Waals surface area (Å²) < 4.78 is 38.1. The minimum Gasteiger partial charge on any atom is -0.367 e. The Labute approximate surface area is 95.1 Å². The number of aromatic nitrogens is 1. The Balaban J connectivity index is 2.50. The summed E-state index contributed by atoms with van der Waals surface area (Å²) in [5.41, 5.74) is -1.03. The summed E-state index contributed by atoms with van der Waals surface area (Å²) in [4.78, 5) is 14.5. The lowest BCUT2D eigenvalue weighted by Crippen LogP contribution is -2.13. The van der Waals surface area contributed by atoms with E-state index in [1.807, 2.05) is 0 Å². The summed E-state index contributed by atoms with van der Waals surface area (Å²) in [5, 5.41) is 0. The van der Waals surface area contributed by atoms with Crippen LogP contribution in [-0.2, 0) is 6.18 Å². The molecule has 0 spiro atoms. The average Bonchev–Trinajstić information content (AvgIpc) is 2.80. The summed E-state index contributed by atoms with van der Waals surface area (Å²) in [7, 11) is 0. The third kappa shape index (κ3) is 2.22. The molecule has 1 aromatic carbocycles. The van der Waals surface area contributed by atoms with Gasteiger partial charge in [0.25, 0.3) is 0 Å². The molecule has 0 fully saturated rings. The molecule has 2 rings (SSSR count). The second-order valence-corrected chi connectivity index (χ2v) is 3.47. The van der Waals surface area contributed by atoms with Crippen LogP contribution in [0.1, 0.15) is 21.5 Å². The molecule has 0 atom stereocenters. The number of ketones is 1. The van der Waals surface area contributed by atoms with Crippen molar-refractivity contribution in [2.45, 2.75) is 6.18 Å². The summed E-state index contributed by atoms with van der Waals surface area (Å²) >= 11 is 0. The van der Waals surface area contributed by atoms with Crippen molar-refractivity contribution in [2.24, 2.45) is 0 Å². The molecule has 1 heterocycles. The van der Waals surface area contributed by atoms with E-state index in [1.165, 1.54) is 36.7 Å². The highest BCUT2D eigenvalue weighted by molar-refractivity contribution is 6.09. The van der Waals surface area contributed by atoms with Crippen molar-refractivity contribution in [1.82, 2.24) is 4.98 Å². The average molecular weight is 239 g/mol. The summed E-state index contributed by atoms with van der Waals surface area (Å²) in [6.45, 7) is 0. The van der Waals surface area contributed by atoms with Crippen molar-refractivity contribution in [1.29, 1.82) is 0 Å². The normalized spacial score (nSPS) is 11.5. The smallest absolute Gasteiger partial charge is 0.367 e. The van der Waals surface area contributed by atoms with Gasteiger partial charge < -0.3 is 4.98 Å². The summed E-state index contributed by atoms with van der Waals surface area (Å²) in [6, 6.07) is 6.19. The van der Waals surface area contributed by atoms with Crippen molar-refractivity contribution < 1.29 is 18.0 Å². The van der Waals surface area contributed by atoms with Crippen LogP contribution in [0, 0.1) is 0 Å². The largest absolute Gasteiger partial charge is 0.417 e. The third-order valence-corrected chi connectivity index (χ3v) is 2.34. The number of nitrogens with one attached hydrogen (secondary N) is 1. The van der Waals surface area contributed by atoms with Crippen molar-refractivity contribution in [3.63, 3.8) is 0 Å². The van der Waals surface area contributed by atoms with Gasteiger partial charge in [-0.1, -0.05) is 18.2 Å². The molecule has 0 amide bonds. The van der Waals surface area contributed by atoms with Crippen LogP contribution >= 0.6 is 0 Å². The second kappa shape index (κ2) is 4.08. The number of rotatable bonds is 2. The van der Waals surface area contributed by atoms with Crippen LogP contribution in [0.15, 0.2) is 42.7 Å². The molecule has 1 aromatic heterocycles. The molecular weight excluding hydrogens is 231 g/mol. The SMILES string of the molecule is O=C(c1cc[nH]c1)c1ccccc1C(F)(F)F. The molecule has 0 aliphatic rings. The van der Waals surface area contributed by atoms with E-state index >= 15 is 0 Å². The molecule has 0 radical (unpaired) electrons. The van der Waals surface area contributed by atoms with Gasteiger partial charge in [-0.15, -0.1) is 0 Å². The Morgan fingerprint density at radius 1 is 1.12 bits per heavy atom. The maximum atomic E-state index is 12.7. The Morgan fingerprint density at radius 3 is 2.41 bits per heavy atom. The fraction of sp³-hybridized carbons (Fsp3) is 0.0833. The Kier molecular flexibility index (Phi) is 2.75. The fourth-order valence-electron chi connectivity index (χ4n) is 1.55. The van der Waals surface area contributed by atoms with Crippen LogP contribution in [0.2, 0.25) is 0 Å². The van der Waals surface area contributed by atoms with Crippen LogP contribution in [-0.4, -0.2) is 10.8 Å². The first-order valence-electron chi connectivity index (χ1n) is 4.84. The first-order chi connectivity index (χ1) is 8.00. The van der Waals surface area contributed by atoms with Crippen LogP contribution in [0.5, 0.6) is 0 Å². The van der Waals surface area contributed by atoms with Gasteiger partial charge >= 0.3 is 6.18 Å². The number of alkyl halides is 3. The topological polar surface area (TPSA) is 32.9 Å². The van der Waals surface area contributed by atoms with E-state index < -0.39 is 17.5 Å². The monoisotopic (exact) mass is 239 g/mol. The molecule has 0 aliphatic heterocycles. The number of benzene rings is 1. The molecule has 88 valence electrons. The maximum Gasteiger partial charge on any atom is 0.417 e. The number of aromatic amines is 1. The van der Waals surface area contributed by atoms with Crippen molar-refractivity contribution >= 4 is 5.78 Å². The molecule has 0 aliphatic carbocycles. The Hall–Kier alpha value is -2.04. The van der Waals surface area contributed by atoms with Crippen LogP contribution in [0.3, 0.4) is 0 Å². The van der Waals surface area contributed by atoms with Crippen molar-refractivity contribution in [3.05, 3.63) is 59.4 Å². The Morgan fingerprint density at radius 2 is 1.82 bits per heavy atom. The first-order valence-corrected chi connectivity index (χ1v) is 4.84. The zero-order valence-corrected chi connectivity index (χ0v) is 8.58. The lowest BCUT2D eigenvalue weighted by Gasteiger charge is -2.10. The molecule has 0 bridgehead atoms. The van der Waals surface area contributed by atoms with Crippen molar-refractivity contribution in [3.8, 4) is 0 Å². The molecule has 2 nitrogen and oxygen atoms in total. The quantitative estimate of drug-likeness (QED) is 0.801. The van der Waals surface area contributed by atoms with Gasteiger partial charge in [0.1, 0.15) is 0 Å². The number of carbonyl (C=O) groups is 1. The van der Waals surface area contributed by atoms with Gasteiger partial charge in [0.2, 0.25) is 0 Å². The fourth-order valence-corrected chi connectivity index (χ4v) is 1.55. The lowest BCUT2D eigenvalue weighted by atomic mass is 10.00. The number of halogens is 3. The molecule has 1 N–H and O–H groups in total. The van der Waals surface area contributed by atoms with Crippen LogP contribution in [0.4, 0.5) is 13.2 Å². The van der Waals surface area contributed by atoms with Gasteiger partial charge in [0.15, 0.2) is 5.78 Å². The Bertz CT molecular complexity index is 529. The summed E-state index contributed by atoms with van der Waals surface area (Å²) in [5.74, 6) is -0.640. The molecule has 0 unspecified atom stereocenters.